The lowest BCUT2D eigenvalue weighted by atomic mass is 10.1. The fourth-order valence-electron chi connectivity index (χ4n) is 3.04. The van der Waals surface area contributed by atoms with Gasteiger partial charge in [-0.3, -0.25) is 0 Å². The normalized spacial score (nSPS) is 11.1. The largest absolute Gasteiger partial charge is 0.494 e. The summed E-state index contributed by atoms with van der Waals surface area (Å²) >= 11 is 3.00. The second kappa shape index (κ2) is 7.61. The number of tetrazole rings is 1. The summed E-state index contributed by atoms with van der Waals surface area (Å²) in [6.07, 6.45) is 1.58. The molecule has 0 aliphatic rings. The molecule has 0 radical (unpaired) electrons. The molecule has 2 aromatic carbocycles. The van der Waals surface area contributed by atoms with Crippen molar-refractivity contribution >= 4 is 33.3 Å². The molecular formula is C20H14N6OS2. The Kier molecular flexibility index (Phi) is 4.66. The molecule has 5 rings (SSSR count). The van der Waals surface area contributed by atoms with Crippen molar-refractivity contribution in [1.29, 1.82) is 0 Å². The van der Waals surface area contributed by atoms with E-state index < -0.39 is 0 Å². The number of ether oxygens (including phenoxy) is 1. The molecule has 0 spiro atoms. The van der Waals surface area contributed by atoms with Crippen molar-refractivity contribution in [2.24, 2.45) is 0 Å². The van der Waals surface area contributed by atoms with Gasteiger partial charge < -0.3 is 4.74 Å². The second-order valence-corrected chi connectivity index (χ2v) is 7.84. The molecule has 0 aliphatic carbocycles. The molecule has 0 fully saturated rings. The van der Waals surface area contributed by atoms with Gasteiger partial charge in [0.1, 0.15) is 27.6 Å². The minimum atomic E-state index is 0.597. The Morgan fingerprint density at radius 3 is 2.69 bits per heavy atom. The second-order valence-electron chi connectivity index (χ2n) is 6.02. The quantitative estimate of drug-likeness (QED) is 0.389. The summed E-state index contributed by atoms with van der Waals surface area (Å²) in [6, 6.07) is 17.8. The van der Waals surface area contributed by atoms with Crippen LogP contribution in [-0.2, 0) is 0 Å². The van der Waals surface area contributed by atoms with Crippen LogP contribution in [0.15, 0.2) is 76.5 Å². The number of hydrogen-bond donors (Lipinski definition) is 0. The van der Waals surface area contributed by atoms with Crippen molar-refractivity contribution in [3.63, 3.8) is 0 Å². The topological polar surface area (TPSA) is 78.6 Å². The van der Waals surface area contributed by atoms with E-state index in [0.29, 0.717) is 10.9 Å². The first-order valence-electron chi connectivity index (χ1n) is 8.72. The molecule has 0 unspecified atom stereocenters. The molecule has 0 saturated carbocycles. The Balaban J connectivity index is 1.61. The van der Waals surface area contributed by atoms with Crippen LogP contribution in [0.5, 0.6) is 5.75 Å². The van der Waals surface area contributed by atoms with E-state index in [0.717, 1.165) is 32.1 Å². The highest BCUT2D eigenvalue weighted by atomic mass is 32.2. The third-order valence-corrected chi connectivity index (χ3v) is 6.19. The van der Waals surface area contributed by atoms with E-state index in [-0.39, 0.29) is 0 Å². The third-order valence-electron chi connectivity index (χ3n) is 4.36. The molecule has 0 amide bonds. The van der Waals surface area contributed by atoms with Crippen LogP contribution in [0.3, 0.4) is 0 Å². The summed E-state index contributed by atoms with van der Waals surface area (Å²) in [7, 11) is 1.63. The number of hydrogen-bond acceptors (Lipinski definition) is 8. The van der Waals surface area contributed by atoms with Crippen LogP contribution < -0.4 is 4.74 Å². The molecule has 0 aliphatic heterocycles. The lowest BCUT2D eigenvalue weighted by Gasteiger charge is -2.09. The summed E-state index contributed by atoms with van der Waals surface area (Å²) in [5, 5.41) is 16.7. The number of thiophene rings is 1. The molecule has 0 bridgehead atoms. The minimum absolute atomic E-state index is 0.597. The van der Waals surface area contributed by atoms with Gasteiger partial charge in [0.2, 0.25) is 5.16 Å². The van der Waals surface area contributed by atoms with Gasteiger partial charge in [0.25, 0.3) is 0 Å². The highest BCUT2D eigenvalue weighted by molar-refractivity contribution is 7.99. The molecular weight excluding hydrogens is 404 g/mol. The average molecular weight is 419 g/mol. The van der Waals surface area contributed by atoms with Gasteiger partial charge in [-0.05, 0) is 39.9 Å². The van der Waals surface area contributed by atoms with Crippen molar-refractivity contribution in [3.05, 3.63) is 66.3 Å². The first-order valence-corrected chi connectivity index (χ1v) is 10.4. The van der Waals surface area contributed by atoms with Crippen LogP contribution >= 0.6 is 23.1 Å². The van der Waals surface area contributed by atoms with E-state index in [1.807, 2.05) is 42.5 Å². The zero-order valence-electron chi connectivity index (χ0n) is 15.3. The van der Waals surface area contributed by atoms with Gasteiger partial charge >= 0.3 is 0 Å². The average Bonchev–Trinajstić information content (AvgIpc) is 3.42. The maximum Gasteiger partial charge on any atom is 0.220 e. The van der Waals surface area contributed by atoms with Gasteiger partial charge in [-0.1, -0.05) is 42.5 Å². The van der Waals surface area contributed by atoms with Gasteiger partial charge in [-0.2, -0.15) is 4.68 Å². The number of fused-ring (bicyclic) bond motifs is 1. The Labute approximate surface area is 174 Å². The predicted octanol–water partition coefficient (Wildman–Crippen LogP) is 4.49. The summed E-state index contributed by atoms with van der Waals surface area (Å²) in [5.74, 6) is 0.690. The van der Waals surface area contributed by atoms with Crippen LogP contribution in [0, 0.1) is 0 Å². The fraction of sp³-hybridized carbons (Fsp3) is 0.0500. The summed E-state index contributed by atoms with van der Waals surface area (Å²) in [5.41, 5.74) is 2.99. The predicted molar refractivity (Wildman–Crippen MR) is 113 cm³/mol. The van der Waals surface area contributed by atoms with Crippen LogP contribution in [0.4, 0.5) is 0 Å². The standard InChI is InChI=1S/C20H14N6OS2/c1-27-16-10-6-5-9-15(16)26-20(23-24-25-26)29-19-17-14(13-7-3-2-4-8-13)11-28-18(17)21-12-22-19/h2-12H,1H3. The summed E-state index contributed by atoms with van der Waals surface area (Å²) < 4.78 is 7.12. The van der Waals surface area contributed by atoms with Crippen LogP contribution in [0.2, 0.25) is 0 Å². The molecule has 0 saturated heterocycles. The number of rotatable bonds is 5. The zero-order valence-corrected chi connectivity index (χ0v) is 16.9. The third kappa shape index (κ3) is 3.24. The Morgan fingerprint density at radius 2 is 1.83 bits per heavy atom. The maximum atomic E-state index is 5.46. The Bertz CT molecular complexity index is 1280. The fourth-order valence-corrected chi connectivity index (χ4v) is 4.90. The van der Waals surface area contributed by atoms with Crippen LogP contribution in [0.25, 0.3) is 27.0 Å². The molecule has 5 aromatic rings. The van der Waals surface area contributed by atoms with E-state index in [2.05, 4.69) is 43.0 Å². The molecule has 29 heavy (non-hydrogen) atoms. The molecule has 3 aromatic heterocycles. The summed E-state index contributed by atoms with van der Waals surface area (Å²) in [6.45, 7) is 0. The molecule has 9 heteroatoms. The molecule has 7 nitrogen and oxygen atoms in total. The summed E-state index contributed by atoms with van der Waals surface area (Å²) in [4.78, 5) is 9.91. The Hall–Kier alpha value is -3.30. The molecule has 142 valence electrons. The number of benzene rings is 2. The number of methoxy groups -OCH3 is 1. The van der Waals surface area contributed by atoms with E-state index in [4.69, 9.17) is 4.74 Å². The zero-order chi connectivity index (χ0) is 19.6. The van der Waals surface area contributed by atoms with Crippen molar-refractivity contribution in [3.8, 4) is 22.6 Å². The lowest BCUT2D eigenvalue weighted by Crippen LogP contribution is -2.02. The highest BCUT2D eigenvalue weighted by Gasteiger charge is 2.19. The van der Waals surface area contributed by atoms with E-state index in [1.165, 1.54) is 11.8 Å². The minimum Gasteiger partial charge on any atom is -0.494 e. The van der Waals surface area contributed by atoms with Gasteiger partial charge in [-0.25, -0.2) is 9.97 Å². The molecule has 0 N–H and O–H groups in total. The van der Waals surface area contributed by atoms with E-state index in [1.54, 1.807) is 29.5 Å². The maximum absolute atomic E-state index is 5.46. The molecule has 0 atom stereocenters. The monoisotopic (exact) mass is 418 g/mol. The molecule has 3 heterocycles. The number of nitrogens with zero attached hydrogens (tertiary/aromatic N) is 6. The first-order chi connectivity index (χ1) is 14.3. The van der Waals surface area contributed by atoms with Crippen LogP contribution in [-0.4, -0.2) is 37.3 Å². The van der Waals surface area contributed by atoms with Gasteiger partial charge in [0, 0.05) is 10.9 Å². The van der Waals surface area contributed by atoms with Crippen molar-refractivity contribution in [2.75, 3.05) is 7.11 Å². The van der Waals surface area contributed by atoms with E-state index in [9.17, 15) is 0 Å². The van der Waals surface area contributed by atoms with Crippen molar-refractivity contribution in [2.45, 2.75) is 10.2 Å². The smallest absolute Gasteiger partial charge is 0.220 e. The van der Waals surface area contributed by atoms with Crippen molar-refractivity contribution in [1.82, 2.24) is 30.2 Å². The first kappa shape index (κ1) is 17.8. The van der Waals surface area contributed by atoms with Gasteiger partial charge in [0.15, 0.2) is 0 Å². The van der Waals surface area contributed by atoms with Crippen LogP contribution in [0.1, 0.15) is 0 Å². The highest BCUT2D eigenvalue weighted by Crippen LogP contribution is 2.40. The van der Waals surface area contributed by atoms with Gasteiger partial charge in [0.05, 0.1) is 12.5 Å². The van der Waals surface area contributed by atoms with Gasteiger partial charge in [-0.15, -0.1) is 16.4 Å². The SMILES string of the molecule is COc1ccccc1-n1nnnc1Sc1ncnc2scc(-c3ccccc3)c12. The number of para-hydroxylation sites is 2. The number of aromatic nitrogens is 6. The lowest BCUT2D eigenvalue weighted by molar-refractivity contribution is 0.410. The van der Waals surface area contributed by atoms with Crippen molar-refractivity contribution < 1.29 is 4.74 Å². The Morgan fingerprint density at radius 1 is 1.00 bits per heavy atom. The van der Waals surface area contributed by atoms with E-state index >= 15 is 0 Å².